The number of carbonyl (C=O) groups is 1. The molecule has 0 aliphatic heterocycles. The highest BCUT2D eigenvalue weighted by Crippen LogP contribution is 2.40. The van der Waals surface area contributed by atoms with E-state index in [-0.39, 0.29) is 22.5 Å². The van der Waals surface area contributed by atoms with Crippen molar-refractivity contribution in [3.63, 3.8) is 0 Å². The molecule has 1 saturated carbocycles. The van der Waals surface area contributed by atoms with Crippen molar-refractivity contribution in [1.82, 2.24) is 9.88 Å². The monoisotopic (exact) mass is 453 g/mol. The van der Waals surface area contributed by atoms with Crippen LogP contribution in [0.25, 0.3) is 22.0 Å². The standard InChI is InChI=1S/C25H28ClN3O3/c1-29(2)10-4-9-27-23-18-11-16(17-12-20(26)25(31)22(13-17)32-3)7-8-21(18)28-14-19(23)24(30)15-5-6-15/h7-8,11-15,31H,4-6,9-10H2,1-3H3,(H,27,28). The Hall–Kier alpha value is -2.83. The maximum atomic E-state index is 13.0. The van der Waals surface area contributed by atoms with Crippen LogP contribution in [0.5, 0.6) is 11.5 Å². The minimum absolute atomic E-state index is 0.0825. The Balaban J connectivity index is 1.78. The van der Waals surface area contributed by atoms with Gasteiger partial charge in [-0.2, -0.15) is 0 Å². The average molecular weight is 454 g/mol. The number of hydrogen-bond donors (Lipinski definition) is 2. The number of rotatable bonds is 9. The Morgan fingerprint density at radius 2 is 2.03 bits per heavy atom. The van der Waals surface area contributed by atoms with Crippen LogP contribution in [-0.4, -0.2) is 55.1 Å². The number of phenolic OH excluding ortho intramolecular Hbond substituents is 1. The second-order valence-electron chi connectivity index (χ2n) is 8.51. The van der Waals surface area contributed by atoms with Crippen molar-refractivity contribution in [2.24, 2.45) is 5.92 Å². The van der Waals surface area contributed by atoms with Gasteiger partial charge in [-0.05, 0) is 75.3 Å². The van der Waals surface area contributed by atoms with Crippen LogP contribution in [0, 0.1) is 5.92 Å². The van der Waals surface area contributed by atoms with Gasteiger partial charge in [0.2, 0.25) is 0 Å². The molecule has 1 aromatic heterocycles. The number of Topliss-reactive ketones (excluding diaryl/α,β-unsaturated/α-hetero) is 1. The number of ether oxygens (including phenoxy) is 1. The summed E-state index contributed by atoms with van der Waals surface area (Å²) in [5, 5.41) is 14.7. The van der Waals surface area contributed by atoms with E-state index in [1.54, 1.807) is 18.3 Å². The van der Waals surface area contributed by atoms with Gasteiger partial charge in [-0.1, -0.05) is 17.7 Å². The van der Waals surface area contributed by atoms with Gasteiger partial charge in [0, 0.05) is 24.0 Å². The molecule has 2 N–H and O–H groups in total. The van der Waals surface area contributed by atoms with Crippen molar-refractivity contribution in [3.8, 4) is 22.6 Å². The lowest BCUT2D eigenvalue weighted by molar-refractivity contribution is 0.0968. The molecule has 0 amide bonds. The molecule has 168 valence electrons. The first-order chi connectivity index (χ1) is 15.4. The first kappa shape index (κ1) is 22.4. The van der Waals surface area contributed by atoms with Crippen molar-refractivity contribution in [2.75, 3.05) is 39.6 Å². The number of phenols is 1. The summed E-state index contributed by atoms with van der Waals surface area (Å²) >= 11 is 6.21. The zero-order valence-corrected chi connectivity index (χ0v) is 19.4. The molecule has 7 heteroatoms. The molecule has 0 spiro atoms. The summed E-state index contributed by atoms with van der Waals surface area (Å²) in [6.45, 7) is 1.71. The van der Waals surface area contributed by atoms with Gasteiger partial charge in [0.05, 0.1) is 28.9 Å². The third-order valence-electron chi connectivity index (χ3n) is 5.75. The summed E-state index contributed by atoms with van der Waals surface area (Å²) in [4.78, 5) is 19.7. The Morgan fingerprint density at radius 3 is 2.72 bits per heavy atom. The van der Waals surface area contributed by atoms with Crippen molar-refractivity contribution < 1.29 is 14.6 Å². The van der Waals surface area contributed by atoms with E-state index in [9.17, 15) is 9.90 Å². The number of fused-ring (bicyclic) bond motifs is 1. The molecular weight excluding hydrogens is 426 g/mol. The molecule has 1 aliphatic rings. The molecule has 0 saturated heterocycles. The van der Waals surface area contributed by atoms with E-state index in [0.29, 0.717) is 11.3 Å². The summed E-state index contributed by atoms with van der Waals surface area (Å²) < 4.78 is 5.26. The summed E-state index contributed by atoms with van der Waals surface area (Å²) in [5.74, 6) is 0.500. The number of anilines is 1. The van der Waals surface area contributed by atoms with Crippen molar-refractivity contribution in [2.45, 2.75) is 19.3 Å². The lowest BCUT2D eigenvalue weighted by Crippen LogP contribution is -2.17. The number of hydrogen-bond acceptors (Lipinski definition) is 6. The van der Waals surface area contributed by atoms with E-state index >= 15 is 0 Å². The molecule has 1 heterocycles. The van der Waals surface area contributed by atoms with Crippen LogP contribution in [0.1, 0.15) is 29.6 Å². The molecular formula is C25H28ClN3O3. The van der Waals surface area contributed by atoms with Crippen LogP contribution < -0.4 is 10.1 Å². The molecule has 6 nitrogen and oxygen atoms in total. The number of nitrogens with one attached hydrogen (secondary N) is 1. The third kappa shape index (κ3) is 4.66. The topological polar surface area (TPSA) is 74.7 Å². The molecule has 0 bridgehead atoms. The first-order valence-electron chi connectivity index (χ1n) is 10.8. The predicted molar refractivity (Wildman–Crippen MR) is 129 cm³/mol. The molecule has 1 fully saturated rings. The summed E-state index contributed by atoms with van der Waals surface area (Å²) in [6.07, 6.45) is 4.56. The quantitative estimate of drug-likeness (QED) is 0.341. The maximum absolute atomic E-state index is 13.0. The normalized spacial score (nSPS) is 13.5. The molecule has 0 atom stereocenters. The van der Waals surface area contributed by atoms with Crippen LogP contribution in [0.4, 0.5) is 5.69 Å². The zero-order valence-electron chi connectivity index (χ0n) is 18.6. The minimum atomic E-state index is -0.0825. The third-order valence-corrected chi connectivity index (χ3v) is 6.04. The average Bonchev–Trinajstić information content (AvgIpc) is 3.63. The van der Waals surface area contributed by atoms with Crippen molar-refractivity contribution in [3.05, 3.63) is 47.1 Å². The number of halogens is 1. The summed E-state index contributed by atoms with van der Waals surface area (Å²) in [6, 6.07) is 9.36. The largest absolute Gasteiger partial charge is 0.503 e. The molecule has 4 rings (SSSR count). The second kappa shape index (κ2) is 9.35. The number of pyridine rings is 1. The van der Waals surface area contributed by atoms with E-state index in [4.69, 9.17) is 16.3 Å². The molecule has 0 unspecified atom stereocenters. The van der Waals surface area contributed by atoms with Crippen LogP contribution in [-0.2, 0) is 0 Å². The van der Waals surface area contributed by atoms with E-state index in [1.807, 2.05) is 32.3 Å². The van der Waals surface area contributed by atoms with Gasteiger partial charge in [-0.25, -0.2) is 0 Å². The SMILES string of the molecule is COc1cc(-c2ccc3ncc(C(=O)C4CC4)c(NCCCN(C)C)c3c2)cc(Cl)c1O. The summed E-state index contributed by atoms with van der Waals surface area (Å²) in [5.41, 5.74) is 4.01. The van der Waals surface area contributed by atoms with Gasteiger partial charge in [-0.3, -0.25) is 9.78 Å². The van der Waals surface area contributed by atoms with E-state index in [0.717, 1.165) is 60.1 Å². The van der Waals surface area contributed by atoms with E-state index in [2.05, 4.69) is 15.2 Å². The van der Waals surface area contributed by atoms with Gasteiger partial charge >= 0.3 is 0 Å². The molecule has 0 radical (unpaired) electrons. The maximum Gasteiger partial charge on any atom is 0.176 e. The van der Waals surface area contributed by atoms with E-state index in [1.165, 1.54) is 7.11 Å². The number of nitrogens with zero attached hydrogens (tertiary/aromatic N) is 2. The predicted octanol–water partition coefficient (Wildman–Crippen LogP) is 5.23. The number of aromatic nitrogens is 1. The Labute approximate surface area is 193 Å². The minimum Gasteiger partial charge on any atom is -0.503 e. The highest BCUT2D eigenvalue weighted by Gasteiger charge is 2.32. The molecule has 3 aromatic rings. The molecule has 1 aliphatic carbocycles. The van der Waals surface area contributed by atoms with Crippen molar-refractivity contribution >= 4 is 34.0 Å². The second-order valence-corrected chi connectivity index (χ2v) is 8.92. The van der Waals surface area contributed by atoms with Crippen LogP contribution >= 0.6 is 11.6 Å². The van der Waals surface area contributed by atoms with Crippen molar-refractivity contribution in [1.29, 1.82) is 0 Å². The van der Waals surface area contributed by atoms with Gasteiger partial charge in [-0.15, -0.1) is 0 Å². The van der Waals surface area contributed by atoms with Gasteiger partial charge < -0.3 is 20.1 Å². The van der Waals surface area contributed by atoms with Crippen LogP contribution in [0.3, 0.4) is 0 Å². The van der Waals surface area contributed by atoms with Gasteiger partial charge in [0.1, 0.15) is 0 Å². The van der Waals surface area contributed by atoms with Crippen LogP contribution in [0.2, 0.25) is 5.02 Å². The molecule has 32 heavy (non-hydrogen) atoms. The zero-order chi connectivity index (χ0) is 22.8. The Kier molecular flexibility index (Phi) is 6.53. The highest BCUT2D eigenvalue weighted by atomic mass is 35.5. The number of benzene rings is 2. The van der Waals surface area contributed by atoms with Gasteiger partial charge in [0.25, 0.3) is 0 Å². The van der Waals surface area contributed by atoms with Gasteiger partial charge in [0.15, 0.2) is 17.3 Å². The Bertz CT molecular complexity index is 1160. The summed E-state index contributed by atoms with van der Waals surface area (Å²) in [7, 11) is 5.59. The number of ketones is 1. The van der Waals surface area contributed by atoms with Crippen LogP contribution in [0.15, 0.2) is 36.5 Å². The Morgan fingerprint density at radius 1 is 1.25 bits per heavy atom. The lowest BCUT2D eigenvalue weighted by Gasteiger charge is -2.16. The first-order valence-corrected chi connectivity index (χ1v) is 11.2. The number of methoxy groups -OCH3 is 1. The molecule has 2 aromatic carbocycles. The smallest absolute Gasteiger partial charge is 0.176 e. The van der Waals surface area contributed by atoms with E-state index < -0.39 is 0 Å². The fourth-order valence-corrected chi connectivity index (χ4v) is 4.03. The lowest BCUT2D eigenvalue weighted by atomic mass is 9.98. The number of carbonyl (C=O) groups excluding carboxylic acids is 1. The number of aromatic hydroxyl groups is 1. The fraction of sp³-hybridized carbons (Fsp3) is 0.360. The highest BCUT2D eigenvalue weighted by molar-refractivity contribution is 6.32. The fourth-order valence-electron chi connectivity index (χ4n) is 3.82.